The number of hydrogen-bond donors (Lipinski definition) is 2. The van der Waals surface area contributed by atoms with E-state index in [-0.39, 0.29) is 11.9 Å². The molecular formula is C19H19N3O5. The van der Waals surface area contributed by atoms with E-state index >= 15 is 0 Å². The van der Waals surface area contributed by atoms with Crippen molar-refractivity contribution in [3.8, 4) is 5.75 Å². The second-order valence-electron chi connectivity index (χ2n) is 6.21. The zero-order valence-electron chi connectivity index (χ0n) is 15.1. The Kier molecular flexibility index (Phi) is 5.07. The Hall–Kier alpha value is -3.42. The van der Waals surface area contributed by atoms with Gasteiger partial charge in [0.1, 0.15) is 5.75 Å². The molecular weight excluding hydrogens is 350 g/mol. The Balaban J connectivity index is 1.76. The number of benzene rings is 1. The van der Waals surface area contributed by atoms with E-state index in [0.29, 0.717) is 33.8 Å². The molecule has 1 unspecified atom stereocenters. The summed E-state index contributed by atoms with van der Waals surface area (Å²) in [7, 11) is 0. The largest absolute Gasteiger partial charge is 0.482 e. The van der Waals surface area contributed by atoms with Gasteiger partial charge in [0.15, 0.2) is 6.61 Å². The number of aryl methyl sites for hydroxylation is 2. The molecule has 3 rings (SSSR count). The SMILES string of the molecule is Cc1cc(C(=O)NC(C)c2ccc(OCC(=O)O)cc2)c2c(C)noc2n1. The van der Waals surface area contributed by atoms with Crippen LogP contribution in [0.2, 0.25) is 0 Å². The van der Waals surface area contributed by atoms with Crippen LogP contribution in [0.1, 0.15) is 40.3 Å². The predicted molar refractivity (Wildman–Crippen MR) is 96.7 cm³/mol. The first-order valence-electron chi connectivity index (χ1n) is 8.34. The summed E-state index contributed by atoms with van der Waals surface area (Å²) in [6.07, 6.45) is 0. The summed E-state index contributed by atoms with van der Waals surface area (Å²) in [5.74, 6) is -0.843. The van der Waals surface area contributed by atoms with Gasteiger partial charge in [-0.2, -0.15) is 0 Å². The first kappa shape index (κ1) is 18.4. The number of aliphatic carboxylic acids is 1. The van der Waals surface area contributed by atoms with E-state index in [1.165, 1.54) is 0 Å². The predicted octanol–water partition coefficient (Wildman–Crippen LogP) is 2.79. The average Bonchev–Trinajstić information content (AvgIpc) is 3.00. The van der Waals surface area contributed by atoms with Crippen molar-refractivity contribution in [2.24, 2.45) is 0 Å². The molecule has 0 aliphatic carbocycles. The molecule has 3 aromatic rings. The van der Waals surface area contributed by atoms with Crippen molar-refractivity contribution in [1.29, 1.82) is 0 Å². The third-order valence-electron chi connectivity index (χ3n) is 4.08. The molecule has 8 nitrogen and oxygen atoms in total. The van der Waals surface area contributed by atoms with Crippen LogP contribution in [0.5, 0.6) is 5.75 Å². The lowest BCUT2D eigenvalue weighted by Crippen LogP contribution is -2.27. The topological polar surface area (TPSA) is 115 Å². The van der Waals surface area contributed by atoms with Gasteiger partial charge < -0.3 is 19.7 Å². The van der Waals surface area contributed by atoms with E-state index in [9.17, 15) is 9.59 Å². The zero-order chi connectivity index (χ0) is 19.6. The fourth-order valence-corrected chi connectivity index (χ4v) is 2.75. The van der Waals surface area contributed by atoms with E-state index in [1.807, 2.05) is 6.92 Å². The second kappa shape index (κ2) is 7.45. The maximum atomic E-state index is 12.8. The van der Waals surface area contributed by atoms with Crippen molar-refractivity contribution in [3.05, 3.63) is 52.8 Å². The van der Waals surface area contributed by atoms with Gasteiger partial charge in [0.05, 0.1) is 22.7 Å². The Morgan fingerprint density at radius 2 is 1.96 bits per heavy atom. The molecule has 8 heteroatoms. The van der Waals surface area contributed by atoms with Crippen LogP contribution in [-0.4, -0.2) is 33.7 Å². The van der Waals surface area contributed by atoms with Crippen molar-refractivity contribution in [2.75, 3.05) is 6.61 Å². The summed E-state index contributed by atoms with van der Waals surface area (Å²) in [4.78, 5) is 27.6. The number of rotatable bonds is 6. The lowest BCUT2D eigenvalue weighted by atomic mass is 10.1. The second-order valence-corrected chi connectivity index (χ2v) is 6.21. The zero-order valence-corrected chi connectivity index (χ0v) is 15.1. The monoisotopic (exact) mass is 369 g/mol. The number of carboxylic acids is 1. The number of carboxylic acid groups (broad SMARTS) is 1. The Morgan fingerprint density at radius 1 is 1.26 bits per heavy atom. The fourth-order valence-electron chi connectivity index (χ4n) is 2.75. The van der Waals surface area contributed by atoms with Gasteiger partial charge >= 0.3 is 5.97 Å². The van der Waals surface area contributed by atoms with E-state index in [2.05, 4.69) is 15.5 Å². The molecule has 0 aliphatic heterocycles. The van der Waals surface area contributed by atoms with E-state index in [0.717, 1.165) is 5.56 Å². The summed E-state index contributed by atoms with van der Waals surface area (Å²) in [5.41, 5.74) is 2.93. The molecule has 0 radical (unpaired) electrons. The smallest absolute Gasteiger partial charge is 0.341 e. The molecule has 0 aliphatic rings. The van der Waals surface area contributed by atoms with Gasteiger partial charge in [-0.05, 0) is 44.5 Å². The molecule has 2 N–H and O–H groups in total. The molecule has 0 fully saturated rings. The van der Waals surface area contributed by atoms with Crippen LogP contribution in [-0.2, 0) is 4.79 Å². The number of aromatic nitrogens is 2. The van der Waals surface area contributed by atoms with Gasteiger partial charge in [-0.15, -0.1) is 0 Å². The highest BCUT2D eigenvalue weighted by Crippen LogP contribution is 2.23. The average molecular weight is 369 g/mol. The van der Waals surface area contributed by atoms with Gasteiger partial charge in [-0.25, -0.2) is 9.78 Å². The molecule has 2 aromatic heterocycles. The summed E-state index contributed by atoms with van der Waals surface area (Å²) in [5, 5.41) is 16.1. The molecule has 0 bridgehead atoms. The van der Waals surface area contributed by atoms with Crippen molar-refractivity contribution < 1.29 is 24.0 Å². The standard InChI is InChI=1S/C19H19N3O5/c1-10-8-15(17-12(3)22-27-19(17)20-10)18(25)21-11(2)13-4-6-14(7-5-13)26-9-16(23)24/h4-8,11H,9H2,1-3H3,(H,21,25)(H,23,24). The number of hydrogen-bond acceptors (Lipinski definition) is 6. The van der Waals surface area contributed by atoms with Crippen molar-refractivity contribution in [3.63, 3.8) is 0 Å². The van der Waals surface area contributed by atoms with Crippen LogP contribution in [0.15, 0.2) is 34.9 Å². The molecule has 27 heavy (non-hydrogen) atoms. The van der Waals surface area contributed by atoms with Crippen LogP contribution < -0.4 is 10.1 Å². The molecule has 1 amide bonds. The minimum atomic E-state index is -1.04. The van der Waals surface area contributed by atoms with E-state index in [4.69, 9.17) is 14.4 Å². The van der Waals surface area contributed by atoms with Gasteiger partial charge in [-0.1, -0.05) is 17.3 Å². The van der Waals surface area contributed by atoms with Gasteiger partial charge in [-0.3, -0.25) is 4.79 Å². The minimum absolute atomic E-state index is 0.254. The normalized spacial score (nSPS) is 12.0. The lowest BCUT2D eigenvalue weighted by molar-refractivity contribution is -0.139. The first-order valence-corrected chi connectivity index (χ1v) is 8.34. The highest BCUT2D eigenvalue weighted by Gasteiger charge is 2.19. The maximum absolute atomic E-state index is 12.8. The Bertz CT molecular complexity index is 994. The first-order chi connectivity index (χ1) is 12.8. The van der Waals surface area contributed by atoms with E-state index < -0.39 is 12.6 Å². The number of fused-ring (bicyclic) bond motifs is 1. The van der Waals surface area contributed by atoms with Crippen molar-refractivity contribution in [1.82, 2.24) is 15.5 Å². The number of nitrogens with one attached hydrogen (secondary N) is 1. The Morgan fingerprint density at radius 3 is 2.63 bits per heavy atom. The van der Waals surface area contributed by atoms with Crippen LogP contribution >= 0.6 is 0 Å². The van der Waals surface area contributed by atoms with Crippen LogP contribution in [0.3, 0.4) is 0 Å². The fraction of sp³-hybridized carbons (Fsp3) is 0.263. The Labute approximate surface area is 155 Å². The quantitative estimate of drug-likeness (QED) is 0.686. The molecule has 0 saturated carbocycles. The van der Waals surface area contributed by atoms with Crippen LogP contribution in [0, 0.1) is 13.8 Å². The van der Waals surface area contributed by atoms with Gasteiger partial charge in [0, 0.05) is 5.69 Å². The summed E-state index contributed by atoms with van der Waals surface area (Å²) in [6, 6.07) is 8.33. The molecule has 2 heterocycles. The third-order valence-corrected chi connectivity index (χ3v) is 4.08. The maximum Gasteiger partial charge on any atom is 0.341 e. The number of carbonyl (C=O) groups excluding carboxylic acids is 1. The summed E-state index contributed by atoms with van der Waals surface area (Å²) in [6.45, 7) is 5.00. The number of pyridine rings is 1. The molecule has 1 aromatic carbocycles. The minimum Gasteiger partial charge on any atom is -0.482 e. The summed E-state index contributed by atoms with van der Waals surface area (Å²) >= 11 is 0. The lowest BCUT2D eigenvalue weighted by Gasteiger charge is -2.15. The number of amides is 1. The molecule has 0 saturated heterocycles. The van der Waals surface area contributed by atoms with E-state index in [1.54, 1.807) is 44.2 Å². The number of carbonyl (C=O) groups is 2. The van der Waals surface area contributed by atoms with Gasteiger partial charge in [0.25, 0.3) is 11.6 Å². The van der Waals surface area contributed by atoms with Crippen molar-refractivity contribution in [2.45, 2.75) is 26.8 Å². The number of ether oxygens (including phenoxy) is 1. The molecule has 140 valence electrons. The van der Waals surface area contributed by atoms with Crippen molar-refractivity contribution >= 4 is 23.0 Å². The highest BCUT2D eigenvalue weighted by molar-refractivity contribution is 6.06. The number of nitrogens with zero attached hydrogens (tertiary/aromatic N) is 2. The highest BCUT2D eigenvalue weighted by atomic mass is 16.5. The van der Waals surface area contributed by atoms with Gasteiger partial charge in [0.2, 0.25) is 0 Å². The molecule has 1 atom stereocenters. The summed E-state index contributed by atoms with van der Waals surface area (Å²) < 4.78 is 10.3. The third kappa shape index (κ3) is 4.05. The van der Waals surface area contributed by atoms with Crippen LogP contribution in [0.4, 0.5) is 0 Å². The van der Waals surface area contributed by atoms with Crippen LogP contribution in [0.25, 0.3) is 11.1 Å². The molecule has 0 spiro atoms.